The van der Waals surface area contributed by atoms with Crippen molar-refractivity contribution in [1.29, 1.82) is 0 Å². The lowest BCUT2D eigenvalue weighted by Gasteiger charge is -2.34. The van der Waals surface area contributed by atoms with Crippen molar-refractivity contribution in [3.8, 4) is 5.75 Å². The van der Waals surface area contributed by atoms with Crippen LogP contribution in [0.15, 0.2) is 60.7 Å². The summed E-state index contributed by atoms with van der Waals surface area (Å²) >= 11 is 0. The van der Waals surface area contributed by atoms with E-state index in [0.29, 0.717) is 33.9 Å². The van der Waals surface area contributed by atoms with Gasteiger partial charge in [0.25, 0.3) is 0 Å². The van der Waals surface area contributed by atoms with Gasteiger partial charge in [0.05, 0.1) is 42.5 Å². The Bertz CT molecular complexity index is 1430. The number of ketones is 1. The summed E-state index contributed by atoms with van der Waals surface area (Å²) in [6, 6.07) is 14.5. The van der Waals surface area contributed by atoms with Crippen LogP contribution in [0.5, 0.6) is 5.75 Å². The topological polar surface area (TPSA) is 135 Å². The maximum absolute atomic E-state index is 13.9. The predicted molar refractivity (Wildman–Crippen MR) is 156 cm³/mol. The predicted octanol–water partition coefficient (Wildman–Crippen LogP) is 4.22. The fourth-order valence-corrected chi connectivity index (χ4v) is 5.05. The molecule has 0 aromatic heterocycles. The number of Topliss-reactive ketones (excluding diaryl/α,β-unsaturated/α-hetero) is 1. The van der Waals surface area contributed by atoms with Crippen LogP contribution in [0.3, 0.4) is 0 Å². The van der Waals surface area contributed by atoms with Crippen molar-refractivity contribution in [3.05, 3.63) is 77.6 Å². The highest BCUT2D eigenvalue weighted by Gasteiger charge is 2.34. The number of para-hydroxylation sites is 1. The number of esters is 1. The SMILES string of the molecule is COC(=O)c1ccc(N(C)C(C(=O)Cc2ccc(NC(=O)Nc3ccccc3F)c(OC)c2)C2CCCN2)c(N)c1. The molecule has 216 valence electrons. The molecule has 5 N–H and O–H groups in total. The van der Waals surface area contributed by atoms with Gasteiger partial charge in [0, 0.05) is 19.5 Å². The molecule has 3 aromatic rings. The van der Waals surface area contributed by atoms with Gasteiger partial charge in [-0.25, -0.2) is 14.0 Å². The van der Waals surface area contributed by atoms with Crippen molar-refractivity contribution in [2.24, 2.45) is 0 Å². The van der Waals surface area contributed by atoms with E-state index in [-0.39, 0.29) is 23.9 Å². The van der Waals surface area contributed by atoms with Gasteiger partial charge in [-0.05, 0) is 67.4 Å². The molecule has 0 bridgehead atoms. The number of ether oxygens (including phenoxy) is 2. The Kier molecular flexibility index (Phi) is 9.41. The fraction of sp³-hybridized carbons (Fsp3) is 0.300. The first kappa shape index (κ1) is 29.3. The smallest absolute Gasteiger partial charge is 0.337 e. The van der Waals surface area contributed by atoms with Crippen LogP contribution < -0.4 is 31.3 Å². The lowest BCUT2D eigenvalue weighted by atomic mass is 9.94. The number of hydrogen-bond acceptors (Lipinski definition) is 8. The molecule has 10 nitrogen and oxygen atoms in total. The Balaban J connectivity index is 1.51. The number of nitrogens with two attached hydrogens (primary N) is 1. The number of urea groups is 1. The highest BCUT2D eigenvalue weighted by Crippen LogP contribution is 2.30. The number of anilines is 4. The number of nitrogens with one attached hydrogen (secondary N) is 3. The van der Waals surface area contributed by atoms with E-state index in [1.807, 2.05) is 11.9 Å². The first-order chi connectivity index (χ1) is 19.7. The van der Waals surface area contributed by atoms with Crippen LogP contribution in [0.4, 0.5) is 31.9 Å². The molecule has 1 saturated heterocycles. The maximum atomic E-state index is 13.9. The zero-order valence-corrected chi connectivity index (χ0v) is 23.2. The van der Waals surface area contributed by atoms with Crippen LogP contribution in [0.1, 0.15) is 28.8 Å². The van der Waals surface area contributed by atoms with Gasteiger partial charge in [-0.15, -0.1) is 0 Å². The van der Waals surface area contributed by atoms with Crippen molar-refractivity contribution in [2.45, 2.75) is 31.3 Å². The van der Waals surface area contributed by atoms with E-state index >= 15 is 0 Å². The number of halogens is 1. The minimum atomic E-state index is -0.637. The van der Waals surface area contributed by atoms with Gasteiger partial charge in [-0.3, -0.25) is 4.79 Å². The molecule has 0 spiro atoms. The summed E-state index contributed by atoms with van der Waals surface area (Å²) in [5, 5.41) is 8.55. The summed E-state index contributed by atoms with van der Waals surface area (Å²) in [4.78, 5) is 40.0. The number of nitrogens with zero attached hydrogens (tertiary/aromatic N) is 1. The highest BCUT2D eigenvalue weighted by molar-refractivity contribution is 6.01. The van der Waals surface area contributed by atoms with Crippen molar-refractivity contribution in [3.63, 3.8) is 0 Å². The van der Waals surface area contributed by atoms with Crippen LogP contribution in [-0.2, 0) is 16.0 Å². The van der Waals surface area contributed by atoms with Gasteiger partial charge < -0.3 is 36.1 Å². The number of rotatable bonds is 10. The van der Waals surface area contributed by atoms with E-state index < -0.39 is 23.9 Å². The molecule has 3 aromatic carbocycles. The van der Waals surface area contributed by atoms with Crippen molar-refractivity contribution in [1.82, 2.24) is 5.32 Å². The number of methoxy groups -OCH3 is 2. The molecule has 1 heterocycles. The average molecular weight is 564 g/mol. The molecular weight excluding hydrogens is 529 g/mol. The molecule has 0 aliphatic carbocycles. The van der Waals surface area contributed by atoms with Gasteiger partial charge in [0.1, 0.15) is 17.6 Å². The van der Waals surface area contributed by atoms with E-state index in [9.17, 15) is 18.8 Å². The summed E-state index contributed by atoms with van der Waals surface area (Å²) in [5.41, 5.74) is 8.71. The largest absolute Gasteiger partial charge is 0.495 e. The van der Waals surface area contributed by atoms with Gasteiger partial charge in [-0.2, -0.15) is 0 Å². The number of likely N-dealkylation sites (N-methyl/N-ethyl adjacent to an activating group) is 1. The second kappa shape index (κ2) is 13.1. The van der Waals surface area contributed by atoms with Crippen LogP contribution in [0, 0.1) is 5.82 Å². The molecule has 1 aliphatic heterocycles. The fourth-order valence-electron chi connectivity index (χ4n) is 5.05. The average Bonchev–Trinajstić information content (AvgIpc) is 3.49. The number of carbonyl (C=O) groups excluding carboxylic acids is 3. The Hall–Kier alpha value is -4.64. The zero-order chi connectivity index (χ0) is 29.5. The van der Waals surface area contributed by atoms with Crippen molar-refractivity contribution >= 4 is 40.5 Å². The summed E-state index contributed by atoms with van der Waals surface area (Å²) in [5.74, 6) is -0.734. The number of benzene rings is 3. The molecule has 1 aliphatic rings. The monoisotopic (exact) mass is 563 g/mol. The Morgan fingerprint density at radius 1 is 1.07 bits per heavy atom. The molecule has 1 fully saturated rings. The molecule has 41 heavy (non-hydrogen) atoms. The number of carbonyl (C=O) groups is 3. The molecule has 2 atom stereocenters. The molecule has 2 unspecified atom stereocenters. The van der Waals surface area contributed by atoms with Gasteiger partial charge in [0.15, 0.2) is 5.78 Å². The minimum absolute atomic E-state index is 0.0385. The van der Waals surface area contributed by atoms with Gasteiger partial charge in [-0.1, -0.05) is 18.2 Å². The van der Waals surface area contributed by atoms with E-state index in [2.05, 4.69) is 16.0 Å². The summed E-state index contributed by atoms with van der Waals surface area (Å²) in [7, 11) is 4.58. The molecule has 11 heteroatoms. The molecule has 0 saturated carbocycles. The number of hydrogen-bond donors (Lipinski definition) is 4. The van der Waals surface area contributed by atoms with Crippen LogP contribution in [-0.4, -0.2) is 57.7 Å². The Morgan fingerprint density at radius 3 is 2.49 bits per heavy atom. The molecule has 4 rings (SSSR count). The standard InChI is InChI=1S/C30H34FN5O5/c1-36(25-13-11-19(17-21(25)32)29(38)41-3)28(24-9-6-14-33-24)26(37)15-18-10-12-23(27(16-18)40-2)35-30(39)34-22-8-5-4-7-20(22)31/h4-5,7-8,10-13,16-17,24,28,33H,6,9,14-15,32H2,1-3H3,(H2,34,35,39). The Labute approximate surface area is 238 Å². The lowest BCUT2D eigenvalue weighted by Crippen LogP contribution is -2.51. The maximum Gasteiger partial charge on any atom is 0.337 e. The molecule has 0 radical (unpaired) electrons. The Morgan fingerprint density at radius 2 is 1.83 bits per heavy atom. The van der Waals surface area contributed by atoms with Crippen LogP contribution in [0.2, 0.25) is 0 Å². The summed E-state index contributed by atoms with van der Waals surface area (Å²) < 4.78 is 24.2. The first-order valence-electron chi connectivity index (χ1n) is 13.2. The third kappa shape index (κ3) is 6.93. The lowest BCUT2D eigenvalue weighted by molar-refractivity contribution is -0.120. The number of nitrogen functional groups attached to an aromatic ring is 1. The second-order valence-electron chi connectivity index (χ2n) is 9.76. The number of amides is 2. The van der Waals surface area contributed by atoms with E-state index in [0.717, 1.165) is 19.4 Å². The second-order valence-corrected chi connectivity index (χ2v) is 9.76. The molecule has 2 amide bonds. The van der Waals surface area contributed by atoms with E-state index in [1.165, 1.54) is 32.4 Å². The minimum Gasteiger partial charge on any atom is -0.495 e. The third-order valence-corrected chi connectivity index (χ3v) is 7.07. The van der Waals surface area contributed by atoms with Crippen LogP contribution in [0.25, 0.3) is 0 Å². The molecular formula is C30H34FN5O5. The van der Waals surface area contributed by atoms with E-state index in [1.54, 1.807) is 42.5 Å². The normalized spacial score (nSPS) is 15.1. The van der Waals surface area contributed by atoms with Gasteiger partial charge >= 0.3 is 12.0 Å². The van der Waals surface area contributed by atoms with E-state index in [4.69, 9.17) is 15.2 Å². The summed E-state index contributed by atoms with van der Waals surface area (Å²) in [6.45, 7) is 0.808. The summed E-state index contributed by atoms with van der Waals surface area (Å²) in [6.07, 6.45) is 1.87. The van der Waals surface area contributed by atoms with Crippen molar-refractivity contribution in [2.75, 3.05) is 49.1 Å². The quantitative estimate of drug-likeness (QED) is 0.213. The van der Waals surface area contributed by atoms with Crippen molar-refractivity contribution < 1.29 is 28.2 Å². The highest BCUT2D eigenvalue weighted by atomic mass is 19.1. The van der Waals surface area contributed by atoms with Crippen LogP contribution >= 0.6 is 0 Å². The van der Waals surface area contributed by atoms with Gasteiger partial charge in [0.2, 0.25) is 0 Å². The third-order valence-electron chi connectivity index (χ3n) is 7.07. The first-order valence-corrected chi connectivity index (χ1v) is 13.2. The zero-order valence-electron chi connectivity index (χ0n) is 23.2.